The zero-order chi connectivity index (χ0) is 18.4. The number of alkyl halides is 3. The monoisotopic (exact) mass is 375 g/mol. The van der Waals surface area contributed by atoms with E-state index in [4.69, 9.17) is 4.74 Å². The van der Waals surface area contributed by atoms with Crippen molar-refractivity contribution in [2.24, 2.45) is 0 Å². The molecule has 1 amide bonds. The molecule has 136 valence electrons. The van der Waals surface area contributed by atoms with Crippen LogP contribution in [0.3, 0.4) is 0 Å². The maximum atomic E-state index is 12.9. The molecule has 1 aliphatic rings. The molecule has 3 heterocycles. The van der Waals surface area contributed by atoms with Crippen molar-refractivity contribution in [2.45, 2.75) is 42.8 Å². The third-order valence-corrected chi connectivity index (χ3v) is 4.37. The summed E-state index contributed by atoms with van der Waals surface area (Å²) in [5, 5.41) is 11.0. The lowest BCUT2D eigenvalue weighted by Gasteiger charge is -2.39. The van der Waals surface area contributed by atoms with E-state index in [0.29, 0.717) is 22.6 Å². The fourth-order valence-corrected chi connectivity index (χ4v) is 3.30. The van der Waals surface area contributed by atoms with Gasteiger partial charge < -0.3 is 9.64 Å². The number of thioether (sulfide) groups is 1. The van der Waals surface area contributed by atoms with Crippen LogP contribution in [0.15, 0.2) is 17.2 Å². The number of rotatable bonds is 2. The fourth-order valence-electron chi connectivity index (χ4n) is 2.17. The van der Waals surface area contributed by atoms with Crippen LogP contribution in [-0.4, -0.2) is 54.7 Å². The maximum Gasteiger partial charge on any atom is 0.453 e. The van der Waals surface area contributed by atoms with Crippen LogP contribution in [0, 0.1) is 0 Å². The van der Waals surface area contributed by atoms with Crippen molar-refractivity contribution in [1.82, 2.24) is 24.7 Å². The van der Waals surface area contributed by atoms with Crippen molar-refractivity contribution in [2.75, 3.05) is 13.1 Å². The highest BCUT2D eigenvalue weighted by Gasteiger charge is 2.38. The van der Waals surface area contributed by atoms with Gasteiger partial charge in [0.2, 0.25) is 0 Å². The van der Waals surface area contributed by atoms with Crippen molar-refractivity contribution in [3.05, 3.63) is 18.0 Å². The molecule has 0 N–H and O–H groups in total. The van der Waals surface area contributed by atoms with E-state index in [1.165, 1.54) is 17.8 Å². The molecule has 0 unspecified atom stereocenters. The third kappa shape index (κ3) is 3.97. The fraction of sp³-hybridized carbons (Fsp3) is 0.571. The molecule has 11 heteroatoms. The lowest BCUT2D eigenvalue weighted by atomic mass is 10.2. The number of hydrogen-bond donors (Lipinski definition) is 0. The van der Waals surface area contributed by atoms with Gasteiger partial charge in [-0.05, 0) is 32.9 Å². The first kappa shape index (κ1) is 17.8. The summed E-state index contributed by atoms with van der Waals surface area (Å²) in [4.78, 5) is 13.4. The molecular weight excluding hydrogens is 359 g/mol. The molecule has 0 saturated carbocycles. The van der Waals surface area contributed by atoms with E-state index in [1.807, 2.05) is 0 Å². The van der Waals surface area contributed by atoms with E-state index in [1.54, 1.807) is 31.7 Å². The van der Waals surface area contributed by atoms with Gasteiger partial charge in [0.25, 0.3) is 5.82 Å². The molecule has 3 rings (SSSR count). The van der Waals surface area contributed by atoms with Crippen molar-refractivity contribution in [1.29, 1.82) is 0 Å². The summed E-state index contributed by atoms with van der Waals surface area (Å²) in [6.45, 7) is 6.26. The standard InChI is InChI=1S/C14H16F3N5O2S/c1-13(2,3)24-12(23)21-6-8(7-21)25-10-5-4-9-18-19-11(14(15,16)17)22(9)20-10/h4-5,8H,6-7H2,1-3H3. The second-order valence-corrected chi connectivity index (χ2v) is 7.91. The number of fused-ring (bicyclic) bond motifs is 1. The molecule has 0 bridgehead atoms. The largest absolute Gasteiger partial charge is 0.453 e. The van der Waals surface area contributed by atoms with Gasteiger partial charge in [-0.2, -0.15) is 22.8 Å². The lowest BCUT2D eigenvalue weighted by Crippen LogP contribution is -2.53. The second kappa shape index (κ2) is 6.04. The van der Waals surface area contributed by atoms with Crippen molar-refractivity contribution in [3.63, 3.8) is 0 Å². The summed E-state index contributed by atoms with van der Waals surface area (Å²) in [7, 11) is 0. The number of aromatic nitrogens is 4. The zero-order valence-corrected chi connectivity index (χ0v) is 14.6. The Morgan fingerprint density at radius 2 is 1.92 bits per heavy atom. The molecule has 1 saturated heterocycles. The van der Waals surface area contributed by atoms with E-state index < -0.39 is 23.7 Å². The van der Waals surface area contributed by atoms with Crippen LogP contribution in [0.2, 0.25) is 0 Å². The molecular formula is C14H16F3N5O2S. The van der Waals surface area contributed by atoms with Gasteiger partial charge >= 0.3 is 12.3 Å². The molecule has 0 spiro atoms. The predicted octanol–water partition coefficient (Wildman–Crippen LogP) is 2.85. The van der Waals surface area contributed by atoms with Crippen LogP contribution in [0.4, 0.5) is 18.0 Å². The predicted molar refractivity (Wildman–Crippen MR) is 83.2 cm³/mol. The van der Waals surface area contributed by atoms with E-state index in [2.05, 4.69) is 15.3 Å². The molecule has 1 aliphatic heterocycles. The van der Waals surface area contributed by atoms with Gasteiger partial charge in [0, 0.05) is 18.3 Å². The molecule has 2 aromatic rings. The number of amides is 1. The van der Waals surface area contributed by atoms with E-state index in [0.717, 1.165) is 0 Å². The smallest absolute Gasteiger partial charge is 0.444 e. The van der Waals surface area contributed by atoms with E-state index in [9.17, 15) is 18.0 Å². The molecule has 0 radical (unpaired) electrons. The minimum absolute atomic E-state index is 0.0284. The summed E-state index contributed by atoms with van der Waals surface area (Å²) in [6, 6.07) is 3.02. The van der Waals surface area contributed by atoms with Crippen LogP contribution in [0.5, 0.6) is 0 Å². The number of halogens is 3. The number of carbonyl (C=O) groups excluding carboxylic acids is 1. The van der Waals surface area contributed by atoms with Crippen LogP contribution >= 0.6 is 11.8 Å². The Balaban J connectivity index is 1.64. The quantitative estimate of drug-likeness (QED) is 0.804. The SMILES string of the molecule is CC(C)(C)OC(=O)N1CC(Sc2ccc3nnc(C(F)(F)F)n3n2)C1. The summed E-state index contributed by atoms with van der Waals surface area (Å²) in [5.41, 5.74) is -0.537. The van der Waals surface area contributed by atoms with Gasteiger partial charge in [0.15, 0.2) is 5.65 Å². The molecule has 0 atom stereocenters. The highest BCUT2D eigenvalue weighted by atomic mass is 32.2. The zero-order valence-electron chi connectivity index (χ0n) is 13.7. The van der Waals surface area contributed by atoms with Crippen LogP contribution in [0.1, 0.15) is 26.6 Å². The topological polar surface area (TPSA) is 72.6 Å². The Morgan fingerprint density at radius 1 is 1.24 bits per heavy atom. The normalized spacial score (nSPS) is 16.2. The average molecular weight is 375 g/mol. The Morgan fingerprint density at radius 3 is 2.52 bits per heavy atom. The van der Waals surface area contributed by atoms with Crippen molar-refractivity contribution >= 4 is 23.5 Å². The average Bonchev–Trinajstić information content (AvgIpc) is 2.83. The first-order valence-corrected chi connectivity index (χ1v) is 8.35. The molecule has 2 aromatic heterocycles. The molecule has 0 aromatic carbocycles. The van der Waals surface area contributed by atoms with Gasteiger partial charge in [0.1, 0.15) is 10.6 Å². The van der Waals surface area contributed by atoms with Gasteiger partial charge in [-0.1, -0.05) is 11.8 Å². The molecule has 0 aliphatic carbocycles. The lowest BCUT2D eigenvalue weighted by molar-refractivity contribution is -0.146. The van der Waals surface area contributed by atoms with Crippen LogP contribution < -0.4 is 0 Å². The molecule has 25 heavy (non-hydrogen) atoms. The second-order valence-electron chi connectivity index (χ2n) is 6.59. The first-order chi connectivity index (χ1) is 11.5. The van der Waals surface area contributed by atoms with Gasteiger partial charge in [-0.3, -0.25) is 0 Å². The van der Waals surface area contributed by atoms with E-state index in [-0.39, 0.29) is 10.9 Å². The van der Waals surface area contributed by atoms with Crippen LogP contribution in [-0.2, 0) is 10.9 Å². The number of ether oxygens (including phenoxy) is 1. The highest BCUT2D eigenvalue weighted by molar-refractivity contribution is 8.00. The maximum absolute atomic E-state index is 12.9. The number of likely N-dealkylation sites (tertiary alicyclic amines) is 1. The number of nitrogens with zero attached hydrogens (tertiary/aromatic N) is 5. The summed E-state index contributed by atoms with van der Waals surface area (Å²) >= 11 is 1.30. The summed E-state index contributed by atoms with van der Waals surface area (Å²) < 4.78 is 44.6. The minimum atomic E-state index is -4.63. The summed E-state index contributed by atoms with van der Waals surface area (Å²) in [5.74, 6) is -1.16. The van der Waals surface area contributed by atoms with Crippen molar-refractivity contribution < 1.29 is 22.7 Å². The number of carbonyl (C=O) groups is 1. The third-order valence-electron chi connectivity index (χ3n) is 3.28. The Labute approximate surface area is 145 Å². The Hall–Kier alpha value is -2.04. The van der Waals surface area contributed by atoms with Crippen molar-refractivity contribution in [3.8, 4) is 0 Å². The summed E-state index contributed by atoms with van der Waals surface area (Å²) in [6.07, 6.45) is -5.02. The first-order valence-electron chi connectivity index (χ1n) is 7.47. The van der Waals surface area contributed by atoms with Crippen LogP contribution in [0.25, 0.3) is 5.65 Å². The Bertz CT molecular complexity index is 796. The number of hydrogen-bond acceptors (Lipinski definition) is 6. The van der Waals surface area contributed by atoms with Gasteiger partial charge in [0.05, 0.1) is 0 Å². The Kier molecular flexibility index (Phi) is 4.30. The molecule has 1 fully saturated rings. The molecule has 7 nitrogen and oxygen atoms in total. The highest BCUT2D eigenvalue weighted by Crippen LogP contribution is 2.31. The van der Waals surface area contributed by atoms with Gasteiger partial charge in [-0.25, -0.2) is 4.79 Å². The van der Waals surface area contributed by atoms with Gasteiger partial charge in [-0.15, -0.1) is 10.2 Å². The minimum Gasteiger partial charge on any atom is -0.444 e. The van der Waals surface area contributed by atoms with E-state index >= 15 is 0 Å².